The van der Waals surface area contributed by atoms with Crippen molar-refractivity contribution in [2.45, 2.75) is 25.9 Å². The molecule has 0 saturated carbocycles. The monoisotopic (exact) mass is 167 g/mol. The highest BCUT2D eigenvalue weighted by Gasteiger charge is 2.23. The van der Waals surface area contributed by atoms with Crippen LogP contribution < -0.4 is 0 Å². The van der Waals surface area contributed by atoms with Crippen LogP contribution in [0.4, 0.5) is 0 Å². The molecule has 1 saturated heterocycles. The number of piperazine rings is 1. The van der Waals surface area contributed by atoms with E-state index in [1.165, 1.54) is 0 Å². The molecule has 3 heteroatoms. The van der Waals surface area contributed by atoms with Crippen molar-refractivity contribution in [3.63, 3.8) is 0 Å². The molecule has 68 valence electrons. The lowest BCUT2D eigenvalue weighted by Gasteiger charge is -2.38. The van der Waals surface area contributed by atoms with Crippen molar-refractivity contribution in [3.8, 4) is 6.07 Å². The van der Waals surface area contributed by atoms with Gasteiger partial charge in [-0.2, -0.15) is 5.26 Å². The Morgan fingerprint density at radius 3 is 2.67 bits per heavy atom. The summed E-state index contributed by atoms with van der Waals surface area (Å²) in [6, 6.07) is 2.93. The van der Waals surface area contributed by atoms with Crippen LogP contribution in [-0.4, -0.2) is 48.6 Å². The third-order valence-electron chi connectivity index (χ3n) is 2.73. The summed E-state index contributed by atoms with van der Waals surface area (Å²) < 4.78 is 0. The van der Waals surface area contributed by atoms with E-state index in [0.29, 0.717) is 6.04 Å². The molecule has 12 heavy (non-hydrogen) atoms. The smallest absolute Gasteiger partial charge is 0.0950 e. The molecule has 0 aliphatic carbocycles. The third-order valence-corrected chi connectivity index (χ3v) is 2.73. The zero-order valence-electron chi connectivity index (χ0n) is 8.12. The molecule has 2 atom stereocenters. The molecule has 0 bridgehead atoms. The zero-order valence-corrected chi connectivity index (χ0v) is 8.12. The highest BCUT2D eigenvalue weighted by molar-refractivity contribution is 4.91. The van der Waals surface area contributed by atoms with E-state index in [1.54, 1.807) is 0 Å². The van der Waals surface area contributed by atoms with E-state index in [1.807, 2.05) is 6.92 Å². The van der Waals surface area contributed by atoms with Crippen LogP contribution in [0.3, 0.4) is 0 Å². The Labute approximate surface area is 74.6 Å². The molecule has 0 radical (unpaired) electrons. The molecule has 0 aromatic rings. The van der Waals surface area contributed by atoms with E-state index < -0.39 is 0 Å². The van der Waals surface area contributed by atoms with Crippen LogP contribution in [0.1, 0.15) is 13.8 Å². The maximum Gasteiger partial charge on any atom is 0.0950 e. The van der Waals surface area contributed by atoms with Crippen molar-refractivity contribution < 1.29 is 0 Å². The molecule has 3 nitrogen and oxygen atoms in total. The average molecular weight is 167 g/mol. The van der Waals surface area contributed by atoms with Crippen molar-refractivity contribution in [1.82, 2.24) is 9.80 Å². The van der Waals surface area contributed by atoms with Gasteiger partial charge in [-0.05, 0) is 20.9 Å². The Balaban J connectivity index is 2.46. The van der Waals surface area contributed by atoms with Gasteiger partial charge in [0, 0.05) is 25.7 Å². The fourth-order valence-corrected chi connectivity index (χ4v) is 1.51. The highest BCUT2D eigenvalue weighted by atomic mass is 15.3. The number of likely N-dealkylation sites (N-methyl/N-ethyl adjacent to an activating group) is 1. The zero-order chi connectivity index (χ0) is 9.14. The van der Waals surface area contributed by atoms with Crippen LogP contribution >= 0.6 is 0 Å². The van der Waals surface area contributed by atoms with E-state index in [2.05, 4.69) is 29.8 Å². The van der Waals surface area contributed by atoms with Gasteiger partial charge in [0.1, 0.15) is 0 Å². The third kappa shape index (κ3) is 1.96. The van der Waals surface area contributed by atoms with Crippen LogP contribution in [0, 0.1) is 11.3 Å². The summed E-state index contributed by atoms with van der Waals surface area (Å²) in [5.41, 5.74) is 0. The minimum Gasteiger partial charge on any atom is -0.301 e. The minimum absolute atomic E-state index is 0.0705. The first kappa shape index (κ1) is 9.50. The second-order valence-corrected chi connectivity index (χ2v) is 3.63. The van der Waals surface area contributed by atoms with Crippen LogP contribution in [0.2, 0.25) is 0 Å². The normalized spacial score (nSPS) is 29.7. The molecule has 0 aromatic carbocycles. The predicted octanol–water partition coefficient (Wildman–Crippen LogP) is 0.534. The highest BCUT2D eigenvalue weighted by Crippen LogP contribution is 2.09. The Morgan fingerprint density at radius 1 is 1.50 bits per heavy atom. The number of rotatable bonds is 1. The van der Waals surface area contributed by atoms with Crippen molar-refractivity contribution in [2.75, 3.05) is 26.7 Å². The second kappa shape index (κ2) is 3.88. The summed E-state index contributed by atoms with van der Waals surface area (Å²) in [7, 11) is 2.14. The molecule has 0 N–H and O–H groups in total. The lowest BCUT2D eigenvalue weighted by molar-refractivity contribution is 0.0929. The van der Waals surface area contributed by atoms with Gasteiger partial charge in [-0.15, -0.1) is 0 Å². The van der Waals surface area contributed by atoms with Gasteiger partial charge in [-0.3, -0.25) is 4.90 Å². The average Bonchev–Trinajstić information content (AvgIpc) is 2.08. The van der Waals surface area contributed by atoms with Gasteiger partial charge in [-0.1, -0.05) is 0 Å². The molecule has 2 unspecified atom stereocenters. The van der Waals surface area contributed by atoms with Gasteiger partial charge < -0.3 is 4.90 Å². The second-order valence-electron chi connectivity index (χ2n) is 3.63. The topological polar surface area (TPSA) is 30.3 Å². The summed E-state index contributed by atoms with van der Waals surface area (Å²) in [6.45, 7) is 7.29. The predicted molar refractivity (Wildman–Crippen MR) is 48.7 cm³/mol. The first-order chi connectivity index (χ1) is 5.65. The maximum atomic E-state index is 8.73. The van der Waals surface area contributed by atoms with Gasteiger partial charge >= 0.3 is 0 Å². The Hall–Kier alpha value is -0.590. The van der Waals surface area contributed by atoms with Crippen LogP contribution in [0.5, 0.6) is 0 Å². The molecule has 1 fully saturated rings. The molecule has 0 aromatic heterocycles. The lowest BCUT2D eigenvalue weighted by Crippen LogP contribution is -2.52. The van der Waals surface area contributed by atoms with Crippen molar-refractivity contribution in [2.24, 2.45) is 0 Å². The van der Waals surface area contributed by atoms with E-state index in [-0.39, 0.29) is 6.04 Å². The van der Waals surface area contributed by atoms with Crippen LogP contribution in [0.25, 0.3) is 0 Å². The fourth-order valence-electron chi connectivity index (χ4n) is 1.51. The molecule has 0 amide bonds. The number of nitriles is 1. The summed E-state index contributed by atoms with van der Waals surface area (Å²) in [4.78, 5) is 4.57. The quantitative estimate of drug-likeness (QED) is 0.571. The van der Waals surface area contributed by atoms with Gasteiger partial charge in [0.25, 0.3) is 0 Å². The van der Waals surface area contributed by atoms with Crippen LogP contribution in [-0.2, 0) is 0 Å². The number of nitrogens with zero attached hydrogens (tertiary/aromatic N) is 3. The van der Waals surface area contributed by atoms with Crippen molar-refractivity contribution in [1.29, 1.82) is 5.26 Å². The Bertz CT molecular complexity index is 185. The van der Waals surface area contributed by atoms with E-state index >= 15 is 0 Å². The summed E-state index contributed by atoms with van der Waals surface area (Å²) in [5, 5.41) is 8.73. The molecular formula is C9H17N3. The number of hydrogen-bond donors (Lipinski definition) is 0. The molecule has 1 aliphatic rings. The van der Waals surface area contributed by atoms with Crippen molar-refractivity contribution in [3.05, 3.63) is 0 Å². The van der Waals surface area contributed by atoms with E-state index in [0.717, 1.165) is 19.6 Å². The molecule has 1 rings (SSSR count). The Morgan fingerprint density at radius 2 is 2.17 bits per heavy atom. The summed E-state index contributed by atoms with van der Waals surface area (Å²) in [5.74, 6) is 0. The van der Waals surface area contributed by atoms with Gasteiger partial charge in [-0.25, -0.2) is 0 Å². The number of hydrogen-bond acceptors (Lipinski definition) is 3. The van der Waals surface area contributed by atoms with Gasteiger partial charge in [0.2, 0.25) is 0 Å². The van der Waals surface area contributed by atoms with E-state index in [4.69, 9.17) is 5.26 Å². The summed E-state index contributed by atoms with van der Waals surface area (Å²) >= 11 is 0. The molecule has 0 spiro atoms. The molecule has 1 aliphatic heterocycles. The fraction of sp³-hybridized carbons (Fsp3) is 0.889. The van der Waals surface area contributed by atoms with Crippen molar-refractivity contribution >= 4 is 0 Å². The first-order valence-electron chi connectivity index (χ1n) is 4.49. The maximum absolute atomic E-state index is 8.73. The largest absolute Gasteiger partial charge is 0.301 e. The lowest BCUT2D eigenvalue weighted by atomic mass is 10.1. The molecule has 1 heterocycles. The SMILES string of the molecule is CC1CN(C(C)C#N)CCN1C. The van der Waals surface area contributed by atoms with Crippen LogP contribution in [0.15, 0.2) is 0 Å². The summed E-state index contributed by atoms with van der Waals surface area (Å²) in [6.07, 6.45) is 0. The van der Waals surface area contributed by atoms with Gasteiger partial charge in [0.15, 0.2) is 0 Å². The van der Waals surface area contributed by atoms with Gasteiger partial charge in [0.05, 0.1) is 12.1 Å². The minimum atomic E-state index is 0.0705. The first-order valence-corrected chi connectivity index (χ1v) is 4.49. The standard InChI is InChI=1S/C9H17N3/c1-8(6-10)12-5-4-11(3)9(2)7-12/h8-9H,4-5,7H2,1-3H3. The molecular weight excluding hydrogens is 150 g/mol. The van der Waals surface area contributed by atoms with E-state index in [9.17, 15) is 0 Å². The Kier molecular flexibility index (Phi) is 3.07.